The largest absolute Gasteiger partial charge is 0.462 e. The minimum atomic E-state index is -4.18. The molecule has 0 aliphatic rings. The molecule has 0 heterocycles. The first-order valence-electron chi connectivity index (χ1n) is 5.37. The van der Waals surface area contributed by atoms with Crippen molar-refractivity contribution in [1.29, 1.82) is 0 Å². The molecular weight excluding hydrogens is 379 g/mol. The van der Waals surface area contributed by atoms with Crippen molar-refractivity contribution in [3.05, 3.63) is 28.0 Å². The van der Waals surface area contributed by atoms with E-state index in [0.29, 0.717) is 19.1 Å². The third-order valence-electron chi connectivity index (χ3n) is 2.21. The maximum Gasteiger partial charge on any atom is 0.339 e. The molecule has 0 spiro atoms. The summed E-state index contributed by atoms with van der Waals surface area (Å²) in [6.07, 6.45) is 0.468. The molecular formula is C11H11BrClFO5S. The molecule has 0 fully saturated rings. The quantitative estimate of drug-likeness (QED) is 0.425. The summed E-state index contributed by atoms with van der Waals surface area (Å²) in [5, 5.41) is 0. The second-order valence-electron chi connectivity index (χ2n) is 3.69. The second kappa shape index (κ2) is 7.35. The average Bonchev–Trinajstić information content (AvgIpc) is 2.35. The standard InChI is InChI=1S/C11H11BrClFO5S/c1-18-3-2-4-19-11(15)8-5-7(14)6-9(10(8)12)20(13,16)17/h5-6H,2-4H2,1H3. The highest BCUT2D eigenvalue weighted by atomic mass is 79.9. The molecule has 0 bridgehead atoms. The van der Waals surface area contributed by atoms with Gasteiger partial charge in [-0.25, -0.2) is 17.6 Å². The van der Waals surface area contributed by atoms with Crippen molar-refractivity contribution in [3.63, 3.8) is 0 Å². The lowest BCUT2D eigenvalue weighted by molar-refractivity contribution is 0.0466. The summed E-state index contributed by atoms with van der Waals surface area (Å²) in [5.74, 6) is -1.76. The maximum atomic E-state index is 13.4. The Kier molecular flexibility index (Phi) is 6.38. The summed E-state index contributed by atoms with van der Waals surface area (Å²) in [6, 6.07) is 1.59. The number of rotatable bonds is 6. The second-order valence-corrected chi connectivity index (χ2v) is 7.01. The molecule has 0 aromatic heterocycles. The monoisotopic (exact) mass is 388 g/mol. The highest BCUT2D eigenvalue weighted by Crippen LogP contribution is 2.30. The Bertz CT molecular complexity index is 605. The maximum absolute atomic E-state index is 13.4. The first-order valence-corrected chi connectivity index (χ1v) is 8.47. The molecule has 0 saturated carbocycles. The molecule has 20 heavy (non-hydrogen) atoms. The first kappa shape index (κ1) is 17.4. The van der Waals surface area contributed by atoms with E-state index < -0.39 is 25.7 Å². The molecule has 112 valence electrons. The van der Waals surface area contributed by atoms with Crippen molar-refractivity contribution in [3.8, 4) is 0 Å². The Labute approximate surface area is 128 Å². The number of carbonyl (C=O) groups excluding carboxylic acids is 1. The van der Waals surface area contributed by atoms with Crippen molar-refractivity contribution in [2.24, 2.45) is 0 Å². The highest BCUT2D eigenvalue weighted by molar-refractivity contribution is 9.10. The van der Waals surface area contributed by atoms with E-state index in [9.17, 15) is 17.6 Å². The van der Waals surface area contributed by atoms with Gasteiger partial charge >= 0.3 is 5.97 Å². The Hall–Kier alpha value is -0.700. The number of hydrogen-bond acceptors (Lipinski definition) is 5. The predicted octanol–water partition coefficient (Wildman–Crippen LogP) is 2.71. The molecule has 0 aliphatic carbocycles. The van der Waals surface area contributed by atoms with Crippen LogP contribution in [0.2, 0.25) is 0 Å². The van der Waals surface area contributed by atoms with Gasteiger partial charge < -0.3 is 9.47 Å². The number of carbonyl (C=O) groups is 1. The van der Waals surface area contributed by atoms with E-state index in [1.165, 1.54) is 7.11 Å². The third-order valence-corrected chi connectivity index (χ3v) is 4.68. The van der Waals surface area contributed by atoms with Gasteiger partial charge in [0, 0.05) is 30.8 Å². The van der Waals surface area contributed by atoms with Gasteiger partial charge in [-0.1, -0.05) is 0 Å². The number of ether oxygens (including phenoxy) is 2. The molecule has 0 atom stereocenters. The highest BCUT2D eigenvalue weighted by Gasteiger charge is 2.23. The number of benzene rings is 1. The summed E-state index contributed by atoms with van der Waals surface area (Å²) in [5.41, 5.74) is -0.248. The lowest BCUT2D eigenvalue weighted by atomic mass is 10.2. The fourth-order valence-electron chi connectivity index (χ4n) is 1.34. The Morgan fingerprint density at radius 2 is 2.05 bits per heavy atom. The van der Waals surface area contributed by atoms with Crippen molar-refractivity contribution < 1.29 is 27.1 Å². The first-order chi connectivity index (χ1) is 9.27. The summed E-state index contributed by atoms with van der Waals surface area (Å²) >= 11 is 2.92. The van der Waals surface area contributed by atoms with Crippen LogP contribution in [0.1, 0.15) is 16.8 Å². The van der Waals surface area contributed by atoms with E-state index in [4.69, 9.17) is 20.2 Å². The number of halogens is 3. The summed E-state index contributed by atoms with van der Waals surface area (Å²) in [4.78, 5) is 11.2. The molecule has 1 aromatic rings. The smallest absolute Gasteiger partial charge is 0.339 e. The Morgan fingerprint density at radius 3 is 2.60 bits per heavy atom. The van der Waals surface area contributed by atoms with Gasteiger partial charge in [0.05, 0.1) is 16.6 Å². The topological polar surface area (TPSA) is 69.7 Å². The van der Waals surface area contributed by atoms with E-state index in [0.717, 1.165) is 6.07 Å². The fourth-order valence-corrected chi connectivity index (χ4v) is 3.59. The molecule has 1 rings (SSSR count). The van der Waals surface area contributed by atoms with Gasteiger partial charge in [0.1, 0.15) is 10.7 Å². The summed E-state index contributed by atoms with van der Waals surface area (Å²) in [7, 11) is 2.48. The molecule has 0 aliphatic heterocycles. The van der Waals surface area contributed by atoms with E-state index in [2.05, 4.69) is 15.9 Å². The van der Waals surface area contributed by atoms with Crippen LogP contribution < -0.4 is 0 Å². The normalized spacial score (nSPS) is 11.4. The van der Waals surface area contributed by atoms with Gasteiger partial charge in [-0.3, -0.25) is 0 Å². The van der Waals surface area contributed by atoms with Gasteiger partial charge in [-0.15, -0.1) is 0 Å². The lowest BCUT2D eigenvalue weighted by Gasteiger charge is -2.09. The van der Waals surface area contributed by atoms with Gasteiger partial charge in [0.15, 0.2) is 0 Å². The van der Waals surface area contributed by atoms with Crippen molar-refractivity contribution in [2.75, 3.05) is 20.3 Å². The average molecular weight is 390 g/mol. The van der Waals surface area contributed by atoms with Crippen LogP contribution in [0.4, 0.5) is 4.39 Å². The molecule has 0 amide bonds. The van der Waals surface area contributed by atoms with Gasteiger partial charge in [-0.05, 0) is 28.1 Å². The molecule has 9 heteroatoms. The van der Waals surface area contributed by atoms with E-state index in [1.54, 1.807) is 0 Å². The van der Waals surface area contributed by atoms with Gasteiger partial charge in [0.25, 0.3) is 9.05 Å². The zero-order chi connectivity index (χ0) is 15.3. The van der Waals surface area contributed by atoms with Crippen LogP contribution in [0, 0.1) is 5.82 Å². The number of hydrogen-bond donors (Lipinski definition) is 0. The van der Waals surface area contributed by atoms with E-state index >= 15 is 0 Å². The third kappa shape index (κ3) is 4.69. The van der Waals surface area contributed by atoms with Gasteiger partial charge in [0.2, 0.25) is 0 Å². The van der Waals surface area contributed by atoms with Crippen molar-refractivity contribution in [2.45, 2.75) is 11.3 Å². The number of methoxy groups -OCH3 is 1. The molecule has 0 N–H and O–H groups in total. The van der Waals surface area contributed by atoms with Crippen LogP contribution in [0.15, 0.2) is 21.5 Å². The molecule has 0 unspecified atom stereocenters. The number of esters is 1. The van der Waals surface area contributed by atoms with Crippen molar-refractivity contribution >= 4 is 41.6 Å². The zero-order valence-corrected chi connectivity index (χ0v) is 13.5. The van der Waals surface area contributed by atoms with Crippen LogP contribution in [0.25, 0.3) is 0 Å². The van der Waals surface area contributed by atoms with Crippen LogP contribution in [-0.4, -0.2) is 34.7 Å². The van der Waals surface area contributed by atoms with E-state index in [-0.39, 0.29) is 16.6 Å². The minimum Gasteiger partial charge on any atom is -0.462 e. The van der Waals surface area contributed by atoms with Crippen molar-refractivity contribution in [1.82, 2.24) is 0 Å². The summed E-state index contributed by atoms with van der Waals surface area (Å²) < 4.78 is 45.5. The summed E-state index contributed by atoms with van der Waals surface area (Å²) in [6.45, 7) is 0.470. The molecule has 0 radical (unpaired) electrons. The fraction of sp³-hybridized carbons (Fsp3) is 0.364. The molecule has 0 saturated heterocycles. The van der Waals surface area contributed by atoms with Crippen LogP contribution in [-0.2, 0) is 18.5 Å². The Morgan fingerprint density at radius 1 is 1.40 bits per heavy atom. The van der Waals surface area contributed by atoms with Crippen LogP contribution in [0.3, 0.4) is 0 Å². The lowest BCUT2D eigenvalue weighted by Crippen LogP contribution is -2.10. The SMILES string of the molecule is COCCCOC(=O)c1cc(F)cc(S(=O)(=O)Cl)c1Br. The van der Waals surface area contributed by atoms with Crippen LogP contribution >= 0.6 is 26.6 Å². The molecule has 5 nitrogen and oxygen atoms in total. The predicted molar refractivity (Wildman–Crippen MR) is 73.9 cm³/mol. The zero-order valence-electron chi connectivity index (χ0n) is 10.4. The Balaban J connectivity index is 3.01. The minimum absolute atomic E-state index is 0.0680. The van der Waals surface area contributed by atoms with Crippen LogP contribution in [0.5, 0.6) is 0 Å². The molecule has 1 aromatic carbocycles. The van der Waals surface area contributed by atoms with Gasteiger partial charge in [-0.2, -0.15) is 0 Å². The van der Waals surface area contributed by atoms with E-state index in [1.807, 2.05) is 0 Å².